The highest BCUT2D eigenvalue weighted by Crippen LogP contribution is 2.38. The number of nitrogens with one attached hydrogen (secondary N) is 1. The number of rotatable bonds is 3. The first-order valence-electron chi connectivity index (χ1n) is 19.2. The Morgan fingerprint density at radius 3 is 2.24 bits per heavy atom. The summed E-state index contributed by atoms with van der Waals surface area (Å²) >= 11 is 12.1. The molecule has 6 heterocycles. The second kappa shape index (κ2) is 18.8. The topological polar surface area (TPSA) is 180 Å². The molecule has 16 heteroatoms. The largest absolute Gasteiger partial charge is 0.507 e. The van der Waals surface area contributed by atoms with Crippen molar-refractivity contribution in [2.24, 2.45) is 5.73 Å². The smallest absolute Gasteiger partial charge is 0.412 e. The van der Waals surface area contributed by atoms with Gasteiger partial charge in [0.15, 0.2) is 5.69 Å². The van der Waals surface area contributed by atoms with E-state index in [0.717, 1.165) is 56.9 Å². The molecule has 59 heavy (non-hydrogen) atoms. The molecule has 1 atom stereocenters. The summed E-state index contributed by atoms with van der Waals surface area (Å²) < 4.78 is 5.68. The third kappa shape index (κ3) is 9.52. The van der Waals surface area contributed by atoms with E-state index in [-0.39, 0.29) is 17.0 Å². The van der Waals surface area contributed by atoms with E-state index in [9.17, 15) is 14.4 Å². The fourth-order valence-electron chi connectivity index (χ4n) is 7.33. The average molecular weight is 837 g/mol. The minimum absolute atomic E-state index is 0.0741. The van der Waals surface area contributed by atoms with E-state index in [1.807, 2.05) is 25.4 Å². The molecule has 0 bridgehead atoms. The number of nitrogens with two attached hydrogens (primary N) is 1. The fourth-order valence-corrected chi connectivity index (χ4v) is 7.64. The Labute approximate surface area is 351 Å². The van der Waals surface area contributed by atoms with E-state index in [0.29, 0.717) is 29.6 Å². The number of fused-ring (bicyclic) bond motifs is 3. The van der Waals surface area contributed by atoms with Crippen molar-refractivity contribution in [1.29, 1.82) is 0 Å². The van der Waals surface area contributed by atoms with Crippen molar-refractivity contribution in [3.05, 3.63) is 146 Å². The zero-order chi connectivity index (χ0) is 41.5. The number of anilines is 1. The lowest BCUT2D eigenvalue weighted by molar-refractivity contribution is 0.0476. The molecular weight excluding hydrogens is 793 g/mol. The predicted molar refractivity (Wildman–Crippen MR) is 224 cm³/mol. The number of hydrogen-bond acceptors (Lipinski definition) is 11. The summed E-state index contributed by atoms with van der Waals surface area (Å²) in [6.07, 6.45) is 8.97. The summed E-state index contributed by atoms with van der Waals surface area (Å²) in [5.41, 5.74) is 13.6. The van der Waals surface area contributed by atoms with Crippen LogP contribution in [0.5, 0.6) is 5.75 Å². The van der Waals surface area contributed by atoms with E-state index in [1.165, 1.54) is 69.2 Å². The molecule has 3 aliphatic heterocycles. The Hall–Kier alpha value is -5.93. The zero-order valence-corrected chi connectivity index (χ0v) is 33.9. The normalized spacial score (nSPS) is 17.3. The molecule has 4 aliphatic rings. The molecule has 1 aliphatic carbocycles. The van der Waals surface area contributed by atoms with E-state index in [1.54, 1.807) is 29.2 Å². The van der Waals surface area contributed by atoms with Crippen molar-refractivity contribution in [3.8, 4) is 5.75 Å². The van der Waals surface area contributed by atoms with Gasteiger partial charge < -0.3 is 30.7 Å². The molecule has 2 saturated heterocycles. The van der Waals surface area contributed by atoms with Crippen molar-refractivity contribution in [1.82, 2.24) is 35.1 Å². The van der Waals surface area contributed by atoms with E-state index >= 15 is 0 Å². The Bertz CT molecular complexity index is 2360. The van der Waals surface area contributed by atoms with Crippen LogP contribution in [-0.2, 0) is 17.6 Å². The quantitative estimate of drug-likeness (QED) is 0.192. The lowest BCUT2D eigenvalue weighted by Gasteiger charge is -2.33. The Balaban J connectivity index is 0.000000148. The number of halogens is 2. The minimum Gasteiger partial charge on any atom is -0.507 e. The van der Waals surface area contributed by atoms with Crippen LogP contribution >= 0.6 is 23.2 Å². The van der Waals surface area contributed by atoms with Gasteiger partial charge in [-0.05, 0) is 105 Å². The molecule has 14 nitrogen and oxygen atoms in total. The number of piperidine rings is 1. The molecule has 4 N–H and O–H groups in total. The molecule has 0 spiro atoms. The van der Waals surface area contributed by atoms with Crippen LogP contribution in [0.2, 0.25) is 10.0 Å². The number of piperazine rings is 1. The number of primary amides is 1. The maximum absolute atomic E-state index is 12.8. The highest BCUT2D eigenvalue weighted by atomic mass is 35.5. The first-order chi connectivity index (χ1) is 28.6. The van der Waals surface area contributed by atoms with Crippen LogP contribution in [0, 0.1) is 0 Å². The fraction of sp³-hybridized carbons (Fsp3) is 0.279. The predicted octanol–water partition coefficient (Wildman–Crippen LogP) is 6.08. The number of para-hydroxylation sites is 1. The van der Waals surface area contributed by atoms with Crippen molar-refractivity contribution in [2.45, 2.75) is 31.9 Å². The Kier molecular flexibility index (Phi) is 13.1. The van der Waals surface area contributed by atoms with Crippen molar-refractivity contribution in [3.63, 3.8) is 0 Å². The average Bonchev–Trinajstić information content (AvgIpc) is 3.41. The van der Waals surface area contributed by atoms with E-state index in [4.69, 9.17) is 43.8 Å². The molecule has 0 radical (unpaired) electrons. The van der Waals surface area contributed by atoms with Gasteiger partial charge >= 0.3 is 6.09 Å². The molecule has 1 unspecified atom stereocenters. The third-order valence-corrected chi connectivity index (χ3v) is 10.9. The molecule has 3 amide bonds. The number of aromatic hydroxyl groups is 1. The van der Waals surface area contributed by atoms with Gasteiger partial charge in [-0.25, -0.2) is 19.7 Å². The van der Waals surface area contributed by atoms with Gasteiger partial charge in [0.25, 0.3) is 11.8 Å². The minimum atomic E-state index is -1.03. The monoisotopic (exact) mass is 835 g/mol. The van der Waals surface area contributed by atoms with Crippen LogP contribution in [0.3, 0.4) is 0 Å². The number of carbonyl (C=O) groups is 3. The first kappa shape index (κ1) is 41.2. The molecule has 304 valence electrons. The maximum Gasteiger partial charge on any atom is 0.412 e. The summed E-state index contributed by atoms with van der Waals surface area (Å²) in [6.45, 7) is 4.76. The van der Waals surface area contributed by atoms with E-state index < -0.39 is 24.1 Å². The van der Waals surface area contributed by atoms with Crippen LogP contribution in [0.4, 0.5) is 10.6 Å². The van der Waals surface area contributed by atoms with Crippen LogP contribution in [0.15, 0.2) is 97.1 Å². The third-order valence-electron chi connectivity index (χ3n) is 10.4. The molecule has 5 aromatic rings. The molecule has 3 aromatic heterocycles. The molecular formula is C43H43Cl2N9O5. The summed E-state index contributed by atoms with van der Waals surface area (Å²) in [5.74, 6) is -0.808. The van der Waals surface area contributed by atoms with Gasteiger partial charge in [0.2, 0.25) is 6.23 Å². The SMILES string of the molecule is CN1CCN(C(=O)OC2c3nccnc3C(=O)N2c2ccc(Cl)cn2)CC1.Clc1ccc2c(c1)CCc1cccnc1C2=C1CCNCC1.NC(=O)c1ccccc1O. The number of amides is 3. The Morgan fingerprint density at radius 1 is 0.814 bits per heavy atom. The standard InChI is InChI=1S/C19H19ClN2.C17H17ClN6O3.C7H7NO2/c20-16-5-6-17-15(12-16)4-3-14-2-1-9-22-19(14)18(17)13-7-10-21-11-8-13;1-22-6-8-23(9-7-22)17(26)27-16-14-13(19-4-5-20-14)15(25)24(16)12-3-2-11(18)10-21-12;8-7(10)5-3-1-2-4-6(5)9/h1-2,5-6,9,12,21H,3-4,7-8,10-11H2;2-5,10,16H,6-9H2,1H3;1-4,9H,(H2,8,10). The number of phenols is 1. The van der Waals surface area contributed by atoms with Crippen LogP contribution < -0.4 is 16.0 Å². The van der Waals surface area contributed by atoms with Crippen LogP contribution in [-0.4, -0.2) is 99.1 Å². The van der Waals surface area contributed by atoms with Gasteiger partial charge in [-0.15, -0.1) is 0 Å². The lowest BCUT2D eigenvalue weighted by Crippen LogP contribution is -2.48. The number of likely N-dealkylation sites (N-methyl/N-ethyl adjacent to an activating group) is 1. The summed E-state index contributed by atoms with van der Waals surface area (Å²) in [7, 11) is 2.00. The molecule has 2 aromatic carbocycles. The molecule has 9 rings (SSSR count). The molecule has 0 saturated carbocycles. The van der Waals surface area contributed by atoms with Gasteiger partial charge in [0, 0.05) is 61.6 Å². The van der Waals surface area contributed by atoms with Crippen molar-refractivity contribution >= 4 is 52.5 Å². The first-order valence-corrected chi connectivity index (χ1v) is 20.0. The van der Waals surface area contributed by atoms with Gasteiger partial charge in [0.1, 0.15) is 17.3 Å². The summed E-state index contributed by atoms with van der Waals surface area (Å²) in [6, 6.07) is 19.9. The summed E-state index contributed by atoms with van der Waals surface area (Å²) in [5, 5.41) is 13.7. The Morgan fingerprint density at radius 2 is 1.53 bits per heavy atom. The number of aromatic nitrogens is 4. The van der Waals surface area contributed by atoms with Crippen LogP contribution in [0.1, 0.15) is 68.0 Å². The maximum atomic E-state index is 12.8. The van der Waals surface area contributed by atoms with Crippen LogP contribution in [0.25, 0.3) is 5.57 Å². The number of ether oxygens (including phenoxy) is 1. The highest BCUT2D eigenvalue weighted by molar-refractivity contribution is 6.31. The van der Waals surface area contributed by atoms with Gasteiger partial charge in [-0.3, -0.25) is 19.6 Å². The van der Waals surface area contributed by atoms with E-state index in [2.05, 4.69) is 43.4 Å². The number of aryl methyl sites for hydroxylation is 2. The van der Waals surface area contributed by atoms with Gasteiger partial charge in [-0.2, -0.15) is 0 Å². The lowest BCUT2D eigenvalue weighted by atomic mass is 9.89. The van der Waals surface area contributed by atoms with Crippen molar-refractivity contribution < 1.29 is 24.2 Å². The second-order valence-electron chi connectivity index (χ2n) is 14.2. The number of nitrogens with zero attached hydrogens (tertiary/aromatic N) is 7. The summed E-state index contributed by atoms with van der Waals surface area (Å²) in [4.78, 5) is 58.2. The number of benzene rings is 2. The van der Waals surface area contributed by atoms with Crippen molar-refractivity contribution in [2.75, 3.05) is 51.2 Å². The molecule has 2 fully saturated rings. The second-order valence-corrected chi connectivity index (χ2v) is 15.1. The van der Waals surface area contributed by atoms with Gasteiger partial charge in [0.05, 0.1) is 16.3 Å². The van der Waals surface area contributed by atoms with Gasteiger partial charge in [-0.1, -0.05) is 53.0 Å². The number of pyridine rings is 2. The number of hydrogen-bond donors (Lipinski definition) is 3. The highest BCUT2D eigenvalue weighted by Gasteiger charge is 2.44. The number of carbonyl (C=O) groups excluding carboxylic acids is 3. The zero-order valence-electron chi connectivity index (χ0n) is 32.4.